The average Bonchev–Trinajstić information content (AvgIpc) is 3.55. The van der Waals surface area contributed by atoms with E-state index in [4.69, 9.17) is 5.11 Å². The molecule has 0 aliphatic heterocycles. The third-order valence-corrected chi connectivity index (χ3v) is 5.83. The lowest BCUT2D eigenvalue weighted by atomic mass is 10.2. The molecular formula is C22H33F2N2O3PS. The molecule has 2 atom stereocenters. The molecule has 174 valence electrons. The molecule has 31 heavy (non-hydrogen) atoms. The minimum absolute atomic E-state index is 0.0317. The quantitative estimate of drug-likeness (QED) is 0.195. The fraction of sp³-hybridized carbons (Fsp3) is 0.455. The number of benzene rings is 2. The first-order valence-corrected chi connectivity index (χ1v) is 12.2. The van der Waals surface area contributed by atoms with E-state index < -0.39 is 23.5 Å². The van der Waals surface area contributed by atoms with Crippen molar-refractivity contribution in [1.29, 1.82) is 0 Å². The lowest BCUT2D eigenvalue weighted by molar-refractivity contribution is 0.0865. The summed E-state index contributed by atoms with van der Waals surface area (Å²) >= 11 is 1.23. The first kappa shape index (κ1) is 27.4. The minimum Gasteiger partial charge on any atom is -0.506 e. The zero-order valence-corrected chi connectivity index (χ0v) is 20.3. The fourth-order valence-electron chi connectivity index (χ4n) is 2.76. The van der Waals surface area contributed by atoms with Crippen molar-refractivity contribution in [3.63, 3.8) is 0 Å². The number of aliphatic hydroxyl groups is 2. The molecule has 1 aliphatic rings. The van der Waals surface area contributed by atoms with Gasteiger partial charge in [-0.15, -0.1) is 9.24 Å². The van der Waals surface area contributed by atoms with Gasteiger partial charge >= 0.3 is 0 Å². The zero-order chi connectivity index (χ0) is 23.6. The SMILES string of the molecule is CC.CP.Cc1ccc(Nc2c(F)c(F)cc(O)c2NSC2(CC(O)CO)CC2)cc1. The van der Waals surface area contributed by atoms with Crippen molar-refractivity contribution in [2.45, 2.75) is 50.9 Å². The van der Waals surface area contributed by atoms with E-state index in [9.17, 15) is 19.0 Å². The van der Waals surface area contributed by atoms with Gasteiger partial charge in [0.15, 0.2) is 11.6 Å². The van der Waals surface area contributed by atoms with Crippen LogP contribution in [0.15, 0.2) is 30.3 Å². The Hall–Kier alpha value is -1.60. The summed E-state index contributed by atoms with van der Waals surface area (Å²) in [5.74, 6) is -2.68. The largest absolute Gasteiger partial charge is 0.506 e. The third kappa shape index (κ3) is 7.79. The van der Waals surface area contributed by atoms with Crippen LogP contribution in [0.2, 0.25) is 0 Å². The highest BCUT2D eigenvalue weighted by molar-refractivity contribution is 8.02. The van der Waals surface area contributed by atoms with Crippen molar-refractivity contribution in [3.8, 4) is 5.75 Å². The van der Waals surface area contributed by atoms with E-state index >= 15 is 0 Å². The molecule has 5 N–H and O–H groups in total. The number of hydrogen-bond acceptors (Lipinski definition) is 6. The van der Waals surface area contributed by atoms with Crippen LogP contribution in [0.3, 0.4) is 0 Å². The first-order chi connectivity index (χ1) is 14.8. The molecule has 2 aromatic rings. The van der Waals surface area contributed by atoms with Gasteiger partial charge in [-0.2, -0.15) is 0 Å². The molecule has 9 heteroatoms. The van der Waals surface area contributed by atoms with Gasteiger partial charge in [0.1, 0.15) is 17.1 Å². The van der Waals surface area contributed by atoms with Crippen LogP contribution in [0.1, 0.15) is 38.7 Å². The number of aromatic hydroxyl groups is 1. The zero-order valence-electron chi connectivity index (χ0n) is 18.4. The molecule has 2 unspecified atom stereocenters. The van der Waals surface area contributed by atoms with E-state index in [-0.39, 0.29) is 22.7 Å². The summed E-state index contributed by atoms with van der Waals surface area (Å²) in [5, 5.41) is 31.7. The van der Waals surface area contributed by atoms with Gasteiger partial charge in [-0.3, -0.25) is 0 Å². The Balaban J connectivity index is 0.00000113. The summed E-state index contributed by atoms with van der Waals surface area (Å²) in [6.07, 6.45) is 1.15. The number of nitrogens with one attached hydrogen (secondary N) is 2. The molecule has 0 amide bonds. The van der Waals surface area contributed by atoms with Crippen molar-refractivity contribution in [3.05, 3.63) is 47.5 Å². The lowest BCUT2D eigenvalue weighted by Crippen LogP contribution is -2.21. The fourth-order valence-corrected chi connectivity index (χ4v) is 3.86. The minimum atomic E-state index is -1.16. The molecule has 1 aliphatic carbocycles. The molecule has 3 rings (SSSR count). The predicted molar refractivity (Wildman–Crippen MR) is 130 cm³/mol. The first-order valence-electron chi connectivity index (χ1n) is 10.2. The van der Waals surface area contributed by atoms with Crippen molar-refractivity contribution in [1.82, 2.24) is 0 Å². The smallest absolute Gasteiger partial charge is 0.184 e. The van der Waals surface area contributed by atoms with Gasteiger partial charge in [0.2, 0.25) is 0 Å². The second-order valence-corrected chi connectivity index (χ2v) is 8.13. The second kappa shape index (κ2) is 13.1. The maximum absolute atomic E-state index is 14.4. The Morgan fingerprint density at radius 2 is 1.71 bits per heavy atom. The van der Waals surface area contributed by atoms with Gasteiger partial charge in [0, 0.05) is 16.5 Å². The van der Waals surface area contributed by atoms with Crippen LogP contribution in [0.5, 0.6) is 5.75 Å². The molecule has 0 saturated heterocycles. The number of phenolic OH excluding ortho intramolecular Hbond substituents is 1. The monoisotopic (exact) mass is 474 g/mol. The molecule has 1 fully saturated rings. The van der Waals surface area contributed by atoms with Crippen LogP contribution in [-0.4, -0.2) is 39.4 Å². The van der Waals surface area contributed by atoms with Crippen LogP contribution in [0, 0.1) is 18.6 Å². The summed E-state index contributed by atoms with van der Waals surface area (Å²) in [4.78, 5) is 0. The number of anilines is 3. The summed E-state index contributed by atoms with van der Waals surface area (Å²) in [6.45, 7) is 7.50. The normalized spacial score (nSPS) is 14.4. The molecule has 1 saturated carbocycles. The van der Waals surface area contributed by atoms with E-state index in [0.29, 0.717) is 12.1 Å². The van der Waals surface area contributed by atoms with Gasteiger partial charge in [-0.25, -0.2) is 8.78 Å². The highest BCUT2D eigenvalue weighted by atomic mass is 32.2. The number of hydrogen-bond donors (Lipinski definition) is 5. The van der Waals surface area contributed by atoms with Crippen LogP contribution in [-0.2, 0) is 0 Å². The lowest BCUT2D eigenvalue weighted by Gasteiger charge is -2.21. The number of phenols is 1. The Labute approximate surface area is 190 Å². The van der Waals surface area contributed by atoms with E-state index in [1.807, 2.05) is 39.6 Å². The number of rotatable bonds is 8. The van der Waals surface area contributed by atoms with E-state index in [0.717, 1.165) is 24.5 Å². The third-order valence-electron chi connectivity index (χ3n) is 4.52. The Morgan fingerprint density at radius 3 is 2.23 bits per heavy atom. The van der Waals surface area contributed by atoms with Gasteiger partial charge in [0.25, 0.3) is 0 Å². The summed E-state index contributed by atoms with van der Waals surface area (Å²) in [6, 6.07) is 7.84. The average molecular weight is 475 g/mol. The Kier molecular flexibility index (Phi) is 11.6. The van der Waals surface area contributed by atoms with Crippen molar-refractivity contribution in [2.75, 3.05) is 23.3 Å². The number of halogens is 2. The van der Waals surface area contributed by atoms with Crippen LogP contribution >= 0.6 is 21.2 Å². The molecule has 0 heterocycles. The van der Waals surface area contributed by atoms with E-state index in [1.54, 1.807) is 12.1 Å². The molecule has 0 bridgehead atoms. The summed E-state index contributed by atoms with van der Waals surface area (Å²) < 4.78 is 30.9. The molecule has 0 aromatic heterocycles. The highest BCUT2D eigenvalue weighted by Gasteiger charge is 2.45. The topological polar surface area (TPSA) is 84.8 Å². The molecule has 0 radical (unpaired) electrons. The molecule has 2 aromatic carbocycles. The maximum atomic E-state index is 14.4. The van der Waals surface area contributed by atoms with Crippen molar-refractivity contribution < 1.29 is 24.1 Å². The number of aryl methyl sites for hydroxylation is 1. The standard InChI is InChI=1S/C19H22F2N2O3S.C2H6.CH5P/c1-11-2-4-12(5-3-11)22-18-16(21)14(20)8-15(26)17(18)23-27-19(6-7-19)9-13(25)10-24;2*1-2/h2-5,8,13,22-26H,6-7,9-10H2,1H3;1-2H3;2H2,1H3. The Bertz CT molecular complexity index is 821. The van der Waals surface area contributed by atoms with E-state index in [1.165, 1.54) is 11.9 Å². The number of aliphatic hydroxyl groups excluding tert-OH is 2. The van der Waals surface area contributed by atoms with Crippen LogP contribution in [0.4, 0.5) is 25.8 Å². The summed E-state index contributed by atoms with van der Waals surface area (Å²) in [7, 11) is 2.42. The van der Waals surface area contributed by atoms with Gasteiger partial charge in [-0.05, 0) is 50.3 Å². The van der Waals surface area contributed by atoms with Crippen molar-refractivity contribution in [2.24, 2.45) is 0 Å². The van der Waals surface area contributed by atoms with Gasteiger partial charge < -0.3 is 25.4 Å². The highest BCUT2D eigenvalue weighted by Crippen LogP contribution is 2.53. The maximum Gasteiger partial charge on any atom is 0.184 e. The molecular weight excluding hydrogens is 441 g/mol. The molecule has 0 spiro atoms. The second-order valence-electron chi connectivity index (χ2n) is 6.86. The van der Waals surface area contributed by atoms with Gasteiger partial charge in [-0.1, -0.05) is 38.2 Å². The predicted octanol–water partition coefficient (Wildman–Crippen LogP) is 5.58. The Morgan fingerprint density at radius 1 is 1.13 bits per heavy atom. The van der Waals surface area contributed by atoms with Crippen molar-refractivity contribution >= 4 is 38.2 Å². The summed E-state index contributed by atoms with van der Waals surface area (Å²) in [5.41, 5.74) is 1.41. The molecule has 5 nitrogen and oxygen atoms in total. The van der Waals surface area contributed by atoms with Crippen LogP contribution in [0.25, 0.3) is 0 Å². The van der Waals surface area contributed by atoms with E-state index in [2.05, 4.69) is 19.3 Å². The van der Waals surface area contributed by atoms with Gasteiger partial charge in [0.05, 0.1) is 12.7 Å². The van der Waals surface area contributed by atoms with Crippen LogP contribution < -0.4 is 10.0 Å².